The summed E-state index contributed by atoms with van der Waals surface area (Å²) in [4.78, 5) is 0. The molecule has 0 rings (SSSR count). The molecule has 84 valence electrons. The Labute approximate surface area is 81.3 Å². The van der Waals surface area contributed by atoms with Gasteiger partial charge in [0.2, 0.25) is 0 Å². The van der Waals surface area contributed by atoms with Gasteiger partial charge in [0.05, 0.1) is 12.8 Å². The van der Waals surface area contributed by atoms with E-state index in [2.05, 4.69) is 10.5 Å². The summed E-state index contributed by atoms with van der Waals surface area (Å²) in [6.45, 7) is -0.700. The molecule has 0 heterocycles. The van der Waals surface area contributed by atoms with E-state index in [0.717, 1.165) is 6.21 Å². The molecule has 0 aromatic heterocycles. The summed E-state index contributed by atoms with van der Waals surface area (Å²) in [7, 11) is 1.49. The van der Waals surface area contributed by atoms with E-state index in [9.17, 15) is 10.2 Å². The van der Waals surface area contributed by atoms with Crippen molar-refractivity contribution in [3.8, 4) is 0 Å². The van der Waals surface area contributed by atoms with Crippen LogP contribution in [-0.2, 0) is 0 Å². The topological polar surface area (TPSA) is 126 Å². The summed E-state index contributed by atoms with van der Waals surface area (Å²) in [6.07, 6.45) is -5.17. The highest BCUT2D eigenvalue weighted by atomic mass is 16.4. The molecule has 0 aliphatic rings. The van der Waals surface area contributed by atoms with Gasteiger partial charge in [-0.1, -0.05) is 0 Å². The quantitative estimate of drug-likeness (QED) is 0.200. The molecule has 0 saturated heterocycles. The fourth-order valence-corrected chi connectivity index (χ4v) is 0.777. The predicted molar refractivity (Wildman–Crippen MR) is 48.7 cm³/mol. The van der Waals surface area contributed by atoms with Crippen molar-refractivity contribution >= 4 is 6.21 Å². The van der Waals surface area contributed by atoms with Crippen molar-refractivity contribution in [1.82, 2.24) is 5.43 Å². The van der Waals surface area contributed by atoms with E-state index in [1.54, 1.807) is 0 Å². The zero-order valence-corrected chi connectivity index (χ0v) is 7.78. The fourth-order valence-electron chi connectivity index (χ4n) is 0.777. The molecule has 0 aliphatic carbocycles. The molecule has 0 aliphatic heterocycles. The van der Waals surface area contributed by atoms with Crippen LogP contribution in [0.5, 0.6) is 0 Å². The minimum atomic E-state index is -1.63. The number of nitrogens with zero attached hydrogens (tertiary/aromatic N) is 1. The van der Waals surface area contributed by atoms with Gasteiger partial charge in [0.1, 0.15) is 24.4 Å². The Morgan fingerprint density at radius 1 is 1.21 bits per heavy atom. The molecular weight excluding hydrogens is 192 g/mol. The number of aliphatic hydroxyl groups is 5. The maximum Gasteiger partial charge on any atom is 0.119 e. The molecule has 0 radical (unpaired) electrons. The number of rotatable bonds is 6. The van der Waals surface area contributed by atoms with Gasteiger partial charge in [-0.05, 0) is 0 Å². The molecule has 0 bridgehead atoms. The number of aliphatic hydroxyl groups excluding tert-OH is 5. The average Bonchev–Trinajstić information content (AvgIpc) is 2.22. The van der Waals surface area contributed by atoms with E-state index in [1.165, 1.54) is 7.05 Å². The Morgan fingerprint density at radius 3 is 2.21 bits per heavy atom. The van der Waals surface area contributed by atoms with Gasteiger partial charge in [-0.25, -0.2) is 0 Å². The van der Waals surface area contributed by atoms with Gasteiger partial charge in [-0.3, -0.25) is 0 Å². The Bertz CT molecular complexity index is 177. The van der Waals surface area contributed by atoms with Crippen LogP contribution in [0.25, 0.3) is 0 Å². The SMILES string of the molecule is CN/N=C/C(O)C(O)C(O)C(O)CO. The molecular formula is C7H16N2O5. The third-order valence-corrected chi connectivity index (χ3v) is 1.64. The van der Waals surface area contributed by atoms with E-state index in [0.29, 0.717) is 0 Å². The van der Waals surface area contributed by atoms with Gasteiger partial charge in [-0.2, -0.15) is 5.10 Å². The lowest BCUT2D eigenvalue weighted by Gasteiger charge is -2.23. The smallest absolute Gasteiger partial charge is 0.119 e. The summed E-state index contributed by atoms with van der Waals surface area (Å²) >= 11 is 0. The Kier molecular flexibility index (Phi) is 6.34. The largest absolute Gasteiger partial charge is 0.394 e. The standard InChI is InChI=1S/C7H16N2O5/c1-8-9-2-4(11)6(13)7(14)5(12)3-10/h2,4-8,10-14H,3H2,1H3/b9-2+. The van der Waals surface area contributed by atoms with Gasteiger partial charge in [0, 0.05) is 7.05 Å². The third kappa shape index (κ3) is 3.99. The van der Waals surface area contributed by atoms with Crippen molar-refractivity contribution < 1.29 is 25.5 Å². The predicted octanol–water partition coefficient (Wildman–Crippen LogP) is -3.37. The second-order valence-electron chi connectivity index (χ2n) is 2.72. The first-order valence-corrected chi connectivity index (χ1v) is 4.07. The maximum atomic E-state index is 9.22. The molecule has 7 heteroatoms. The van der Waals surface area contributed by atoms with Crippen molar-refractivity contribution in [2.45, 2.75) is 24.4 Å². The highest BCUT2D eigenvalue weighted by molar-refractivity contribution is 5.63. The lowest BCUT2D eigenvalue weighted by molar-refractivity contribution is -0.0999. The van der Waals surface area contributed by atoms with Crippen LogP contribution in [0, 0.1) is 0 Å². The molecule has 6 N–H and O–H groups in total. The van der Waals surface area contributed by atoms with Gasteiger partial charge in [-0.15, -0.1) is 0 Å². The average molecular weight is 208 g/mol. The highest BCUT2D eigenvalue weighted by Crippen LogP contribution is 2.03. The summed E-state index contributed by atoms with van der Waals surface area (Å²) in [5.41, 5.74) is 2.34. The highest BCUT2D eigenvalue weighted by Gasteiger charge is 2.28. The Balaban J connectivity index is 4.15. The molecule has 0 amide bonds. The van der Waals surface area contributed by atoms with Gasteiger partial charge < -0.3 is 31.0 Å². The van der Waals surface area contributed by atoms with Crippen molar-refractivity contribution in [2.24, 2.45) is 5.10 Å². The zero-order valence-electron chi connectivity index (χ0n) is 7.78. The zero-order chi connectivity index (χ0) is 11.1. The van der Waals surface area contributed by atoms with Crippen molar-refractivity contribution in [1.29, 1.82) is 0 Å². The second-order valence-corrected chi connectivity index (χ2v) is 2.72. The van der Waals surface area contributed by atoms with Crippen molar-refractivity contribution in [3.05, 3.63) is 0 Å². The van der Waals surface area contributed by atoms with E-state index in [1.807, 2.05) is 0 Å². The summed E-state index contributed by atoms with van der Waals surface area (Å²) in [5.74, 6) is 0. The first kappa shape index (κ1) is 13.3. The van der Waals surface area contributed by atoms with Crippen molar-refractivity contribution in [2.75, 3.05) is 13.7 Å². The van der Waals surface area contributed by atoms with E-state index in [4.69, 9.17) is 15.3 Å². The van der Waals surface area contributed by atoms with Gasteiger partial charge >= 0.3 is 0 Å². The lowest BCUT2D eigenvalue weighted by Crippen LogP contribution is -2.46. The maximum absolute atomic E-state index is 9.22. The molecule has 0 aromatic rings. The van der Waals surface area contributed by atoms with Gasteiger partial charge in [0.15, 0.2) is 0 Å². The van der Waals surface area contributed by atoms with Gasteiger partial charge in [0.25, 0.3) is 0 Å². The number of hydrogen-bond donors (Lipinski definition) is 6. The van der Waals surface area contributed by atoms with Crippen LogP contribution >= 0.6 is 0 Å². The fraction of sp³-hybridized carbons (Fsp3) is 0.857. The first-order valence-electron chi connectivity index (χ1n) is 4.07. The van der Waals surface area contributed by atoms with Crippen LogP contribution in [0.3, 0.4) is 0 Å². The van der Waals surface area contributed by atoms with E-state index >= 15 is 0 Å². The number of nitrogens with one attached hydrogen (secondary N) is 1. The lowest BCUT2D eigenvalue weighted by atomic mass is 10.0. The van der Waals surface area contributed by atoms with Crippen LogP contribution in [0.1, 0.15) is 0 Å². The van der Waals surface area contributed by atoms with Crippen LogP contribution in [-0.4, -0.2) is 69.8 Å². The molecule has 4 unspecified atom stereocenters. The van der Waals surface area contributed by atoms with E-state index in [-0.39, 0.29) is 0 Å². The molecule has 0 saturated carbocycles. The molecule has 7 nitrogen and oxygen atoms in total. The van der Waals surface area contributed by atoms with E-state index < -0.39 is 31.0 Å². The molecule has 0 aromatic carbocycles. The number of hydrazone groups is 1. The normalized spacial score (nSPS) is 20.4. The first-order chi connectivity index (χ1) is 6.54. The molecule has 4 atom stereocenters. The minimum absolute atomic E-state index is 0.700. The van der Waals surface area contributed by atoms with Crippen LogP contribution in [0.15, 0.2) is 5.10 Å². The Morgan fingerprint density at radius 2 is 1.79 bits per heavy atom. The summed E-state index contributed by atoms with van der Waals surface area (Å²) in [5, 5.41) is 48.4. The van der Waals surface area contributed by atoms with Crippen LogP contribution < -0.4 is 5.43 Å². The van der Waals surface area contributed by atoms with Crippen molar-refractivity contribution in [3.63, 3.8) is 0 Å². The molecule has 14 heavy (non-hydrogen) atoms. The third-order valence-electron chi connectivity index (χ3n) is 1.64. The summed E-state index contributed by atoms with van der Waals surface area (Å²) < 4.78 is 0. The number of hydrogen-bond acceptors (Lipinski definition) is 7. The second kappa shape index (κ2) is 6.68. The monoisotopic (exact) mass is 208 g/mol. The van der Waals surface area contributed by atoms with Crippen LogP contribution in [0.2, 0.25) is 0 Å². The Hall–Kier alpha value is -0.730. The van der Waals surface area contributed by atoms with Crippen LogP contribution in [0.4, 0.5) is 0 Å². The molecule has 0 fully saturated rings. The summed E-state index contributed by atoms with van der Waals surface area (Å²) in [6, 6.07) is 0. The molecule has 0 spiro atoms. The minimum Gasteiger partial charge on any atom is -0.394 e.